The number of ether oxygens (including phenoxy) is 1. The van der Waals surface area contributed by atoms with Crippen LogP contribution >= 0.6 is 11.8 Å². The van der Waals surface area contributed by atoms with Crippen LogP contribution in [0.4, 0.5) is 10.5 Å². The summed E-state index contributed by atoms with van der Waals surface area (Å²) in [6.45, 7) is 8.96. The van der Waals surface area contributed by atoms with E-state index in [-0.39, 0.29) is 12.0 Å². The third-order valence-electron chi connectivity index (χ3n) is 5.00. The standard InChI is InChI=1S/C27H36N2O3S/c1-4-7-8-9-10-20-29(27(31)28-19-6-3)22-13-11-14-25(21-22)33-24-17-15-23(16-18-24)32-26(30)12-5-2/h6,11,13-18,21H,3-5,7-10,12,19-20H2,1-2H3,(H,28,31). The number of urea groups is 1. The number of esters is 1. The molecule has 0 bridgehead atoms. The maximum Gasteiger partial charge on any atom is 0.322 e. The minimum atomic E-state index is -0.213. The van der Waals surface area contributed by atoms with Crippen molar-refractivity contribution < 1.29 is 14.3 Å². The van der Waals surface area contributed by atoms with E-state index in [1.807, 2.05) is 60.4 Å². The maximum atomic E-state index is 12.8. The molecule has 0 fully saturated rings. The molecule has 0 aliphatic heterocycles. The molecule has 0 atom stereocenters. The van der Waals surface area contributed by atoms with Gasteiger partial charge in [0.05, 0.1) is 0 Å². The molecule has 0 aromatic heterocycles. The number of nitrogens with zero attached hydrogens (tertiary/aromatic N) is 1. The number of carbonyl (C=O) groups excluding carboxylic acids is 2. The summed E-state index contributed by atoms with van der Waals surface area (Å²) in [6.07, 6.45) is 8.57. The van der Waals surface area contributed by atoms with Crippen LogP contribution in [0.25, 0.3) is 0 Å². The largest absolute Gasteiger partial charge is 0.427 e. The van der Waals surface area contributed by atoms with E-state index >= 15 is 0 Å². The molecular formula is C27H36N2O3S. The van der Waals surface area contributed by atoms with Crippen LogP contribution in [0.15, 0.2) is 71.0 Å². The lowest BCUT2D eigenvalue weighted by Crippen LogP contribution is -2.40. The molecule has 1 N–H and O–H groups in total. The van der Waals surface area contributed by atoms with Gasteiger partial charge in [0.15, 0.2) is 0 Å². The zero-order valence-electron chi connectivity index (χ0n) is 19.8. The molecule has 2 rings (SSSR count). The van der Waals surface area contributed by atoms with E-state index in [1.54, 1.807) is 17.8 Å². The number of benzene rings is 2. The highest BCUT2D eigenvalue weighted by molar-refractivity contribution is 7.99. The van der Waals surface area contributed by atoms with E-state index in [9.17, 15) is 9.59 Å². The monoisotopic (exact) mass is 468 g/mol. The predicted octanol–water partition coefficient (Wildman–Crippen LogP) is 7.22. The average molecular weight is 469 g/mol. The smallest absolute Gasteiger partial charge is 0.322 e. The third-order valence-corrected chi connectivity index (χ3v) is 6.00. The number of rotatable bonds is 14. The van der Waals surface area contributed by atoms with Gasteiger partial charge in [0.2, 0.25) is 0 Å². The lowest BCUT2D eigenvalue weighted by atomic mass is 10.1. The molecule has 5 nitrogen and oxygen atoms in total. The summed E-state index contributed by atoms with van der Waals surface area (Å²) >= 11 is 1.61. The minimum absolute atomic E-state index is 0.106. The number of hydrogen-bond acceptors (Lipinski definition) is 4. The highest BCUT2D eigenvalue weighted by Crippen LogP contribution is 2.31. The molecule has 33 heavy (non-hydrogen) atoms. The van der Waals surface area contributed by atoms with Crippen molar-refractivity contribution in [1.82, 2.24) is 5.32 Å². The van der Waals surface area contributed by atoms with Crippen LogP contribution in [0.3, 0.4) is 0 Å². The van der Waals surface area contributed by atoms with E-state index < -0.39 is 0 Å². The first-order valence-corrected chi connectivity index (χ1v) is 12.6. The van der Waals surface area contributed by atoms with Gasteiger partial charge in [0.1, 0.15) is 5.75 Å². The fraction of sp³-hybridized carbons (Fsp3) is 0.407. The van der Waals surface area contributed by atoms with Crippen LogP contribution in [0.2, 0.25) is 0 Å². The Kier molecular flexibility index (Phi) is 12.2. The maximum absolute atomic E-state index is 12.8. The van der Waals surface area contributed by atoms with Crippen LogP contribution in [-0.2, 0) is 4.79 Å². The van der Waals surface area contributed by atoms with E-state index in [0.717, 1.165) is 34.7 Å². The van der Waals surface area contributed by atoms with Gasteiger partial charge in [-0.15, -0.1) is 6.58 Å². The van der Waals surface area contributed by atoms with E-state index in [2.05, 4.69) is 18.8 Å². The molecule has 0 aliphatic rings. The highest BCUT2D eigenvalue weighted by atomic mass is 32.2. The summed E-state index contributed by atoms with van der Waals surface area (Å²) in [7, 11) is 0. The zero-order valence-corrected chi connectivity index (χ0v) is 20.7. The second-order valence-corrected chi connectivity index (χ2v) is 8.98. The van der Waals surface area contributed by atoms with Gasteiger partial charge in [-0.25, -0.2) is 4.79 Å². The summed E-state index contributed by atoms with van der Waals surface area (Å²) in [6, 6.07) is 15.4. The Morgan fingerprint density at radius 2 is 1.76 bits per heavy atom. The predicted molar refractivity (Wildman–Crippen MR) is 137 cm³/mol. The lowest BCUT2D eigenvalue weighted by Gasteiger charge is -2.23. The van der Waals surface area contributed by atoms with Crippen LogP contribution in [-0.4, -0.2) is 25.1 Å². The van der Waals surface area contributed by atoms with Crippen molar-refractivity contribution in [3.05, 3.63) is 61.2 Å². The Hall–Kier alpha value is -2.73. The van der Waals surface area contributed by atoms with E-state index in [1.165, 1.54) is 19.3 Å². The molecule has 2 aromatic carbocycles. The molecular weight excluding hydrogens is 432 g/mol. The van der Waals surface area contributed by atoms with Gasteiger partial charge < -0.3 is 10.1 Å². The second kappa shape index (κ2) is 15.2. The summed E-state index contributed by atoms with van der Waals surface area (Å²) in [5.41, 5.74) is 0.877. The van der Waals surface area contributed by atoms with Crippen LogP contribution in [0.1, 0.15) is 58.8 Å². The molecule has 0 radical (unpaired) electrons. The first-order chi connectivity index (χ1) is 16.1. The van der Waals surface area contributed by atoms with Crippen molar-refractivity contribution in [3.8, 4) is 5.75 Å². The van der Waals surface area contributed by atoms with Gasteiger partial charge in [0, 0.05) is 35.0 Å². The number of amides is 2. The SMILES string of the molecule is C=CCNC(=O)N(CCCCCCC)c1cccc(Sc2ccc(OC(=O)CCC)cc2)c1. The van der Waals surface area contributed by atoms with Crippen LogP contribution in [0, 0.1) is 0 Å². The number of carbonyl (C=O) groups is 2. The van der Waals surface area contributed by atoms with E-state index in [0.29, 0.717) is 25.3 Å². The van der Waals surface area contributed by atoms with Crippen molar-refractivity contribution in [2.75, 3.05) is 18.0 Å². The van der Waals surface area contributed by atoms with Gasteiger partial charge in [-0.1, -0.05) is 63.4 Å². The van der Waals surface area contributed by atoms with Crippen molar-refractivity contribution in [2.45, 2.75) is 68.6 Å². The molecule has 0 saturated carbocycles. The minimum Gasteiger partial charge on any atom is -0.427 e. The average Bonchev–Trinajstić information content (AvgIpc) is 2.81. The molecule has 0 unspecified atom stereocenters. The molecule has 2 amide bonds. The Bertz CT molecular complexity index is 883. The summed E-state index contributed by atoms with van der Waals surface area (Å²) in [5, 5.41) is 2.90. The molecule has 0 heterocycles. The van der Waals surface area contributed by atoms with Gasteiger partial charge in [-0.05, 0) is 55.3 Å². The van der Waals surface area contributed by atoms with Crippen molar-refractivity contribution in [2.24, 2.45) is 0 Å². The summed E-state index contributed by atoms with van der Waals surface area (Å²) < 4.78 is 5.32. The van der Waals surface area contributed by atoms with E-state index in [4.69, 9.17) is 4.74 Å². The highest BCUT2D eigenvalue weighted by Gasteiger charge is 2.15. The first-order valence-electron chi connectivity index (χ1n) is 11.8. The third kappa shape index (κ3) is 9.74. The first kappa shape index (κ1) is 26.5. The fourth-order valence-corrected chi connectivity index (χ4v) is 4.16. The van der Waals surface area contributed by atoms with Crippen molar-refractivity contribution in [1.29, 1.82) is 0 Å². The second-order valence-electron chi connectivity index (χ2n) is 7.84. The number of anilines is 1. The number of unbranched alkanes of at least 4 members (excludes halogenated alkanes) is 4. The molecule has 0 saturated heterocycles. The van der Waals surface area contributed by atoms with Gasteiger partial charge in [-0.3, -0.25) is 9.69 Å². The topological polar surface area (TPSA) is 58.6 Å². The Labute approximate surface area is 202 Å². The molecule has 0 spiro atoms. The zero-order chi connectivity index (χ0) is 23.9. The molecule has 0 aliphatic carbocycles. The van der Waals surface area contributed by atoms with Crippen LogP contribution in [0.5, 0.6) is 5.75 Å². The Balaban J connectivity index is 2.07. The fourth-order valence-electron chi connectivity index (χ4n) is 3.29. The normalized spacial score (nSPS) is 10.5. The Morgan fingerprint density at radius 3 is 2.45 bits per heavy atom. The number of nitrogens with one attached hydrogen (secondary N) is 1. The van der Waals surface area contributed by atoms with Gasteiger partial charge in [-0.2, -0.15) is 0 Å². The van der Waals surface area contributed by atoms with Crippen LogP contribution < -0.4 is 15.0 Å². The van der Waals surface area contributed by atoms with Gasteiger partial charge in [0.25, 0.3) is 0 Å². The molecule has 178 valence electrons. The summed E-state index contributed by atoms with van der Waals surface area (Å²) in [4.78, 5) is 28.3. The molecule has 2 aromatic rings. The van der Waals surface area contributed by atoms with Crippen molar-refractivity contribution >= 4 is 29.4 Å². The Morgan fingerprint density at radius 1 is 1.00 bits per heavy atom. The lowest BCUT2D eigenvalue weighted by molar-refractivity contribution is -0.134. The molecule has 6 heteroatoms. The quantitative estimate of drug-likeness (QED) is 0.138. The van der Waals surface area contributed by atoms with Crippen molar-refractivity contribution in [3.63, 3.8) is 0 Å². The summed E-state index contributed by atoms with van der Waals surface area (Å²) in [5.74, 6) is 0.342. The van der Waals surface area contributed by atoms with Gasteiger partial charge >= 0.3 is 12.0 Å². The number of hydrogen-bond donors (Lipinski definition) is 1.